The molecule has 0 aliphatic carbocycles. The molecule has 114 valence electrons. The van der Waals surface area contributed by atoms with E-state index in [4.69, 9.17) is 15.2 Å². The first kappa shape index (κ1) is 18.6. The van der Waals surface area contributed by atoms with Crippen molar-refractivity contribution in [2.75, 3.05) is 26.4 Å². The minimum Gasteiger partial charge on any atom is -0.381 e. The molecule has 1 aliphatic heterocycles. The summed E-state index contributed by atoms with van der Waals surface area (Å²) in [7, 11) is 0. The molecule has 1 atom stereocenters. The average Bonchev–Trinajstić information content (AvgIpc) is 2.39. The highest BCUT2D eigenvalue weighted by Gasteiger charge is 2.14. The van der Waals surface area contributed by atoms with Gasteiger partial charge in [0.05, 0.1) is 12.1 Å². The van der Waals surface area contributed by atoms with Gasteiger partial charge in [0.1, 0.15) is 0 Å². The van der Waals surface area contributed by atoms with E-state index in [2.05, 4.69) is 5.32 Å². The Hall–Kier alpha value is -0.360. The first-order valence-electron chi connectivity index (χ1n) is 6.96. The lowest BCUT2D eigenvalue weighted by Gasteiger charge is -2.22. The molecule has 19 heavy (non-hydrogen) atoms. The van der Waals surface area contributed by atoms with Crippen LogP contribution in [0.15, 0.2) is 0 Å². The van der Waals surface area contributed by atoms with Gasteiger partial charge >= 0.3 is 0 Å². The number of amides is 1. The monoisotopic (exact) mass is 294 g/mol. The Kier molecular flexibility index (Phi) is 11.2. The van der Waals surface area contributed by atoms with Crippen molar-refractivity contribution in [2.45, 2.75) is 51.2 Å². The Labute approximate surface area is 122 Å². The molecule has 1 amide bonds. The summed E-state index contributed by atoms with van der Waals surface area (Å²) in [6.07, 6.45) is 4.80. The van der Waals surface area contributed by atoms with Gasteiger partial charge in [0.25, 0.3) is 0 Å². The quantitative estimate of drug-likeness (QED) is 0.661. The molecule has 1 fully saturated rings. The van der Waals surface area contributed by atoms with Gasteiger partial charge in [-0.3, -0.25) is 4.79 Å². The molecule has 5 nitrogen and oxygen atoms in total. The number of hydrogen-bond donors (Lipinski definition) is 2. The summed E-state index contributed by atoms with van der Waals surface area (Å²) in [5.41, 5.74) is 5.70. The lowest BCUT2D eigenvalue weighted by molar-refractivity contribution is -0.122. The van der Waals surface area contributed by atoms with Gasteiger partial charge in [0.15, 0.2) is 0 Å². The van der Waals surface area contributed by atoms with Crippen molar-refractivity contribution < 1.29 is 14.3 Å². The molecule has 0 bridgehead atoms. The van der Waals surface area contributed by atoms with Crippen molar-refractivity contribution in [3.63, 3.8) is 0 Å². The van der Waals surface area contributed by atoms with Crippen molar-refractivity contribution in [3.8, 4) is 0 Å². The van der Waals surface area contributed by atoms with Crippen LogP contribution in [0, 0.1) is 0 Å². The molecular weight excluding hydrogens is 268 g/mol. The van der Waals surface area contributed by atoms with Gasteiger partial charge in [-0.2, -0.15) is 0 Å². The Morgan fingerprint density at radius 1 is 1.47 bits per heavy atom. The van der Waals surface area contributed by atoms with Crippen LogP contribution in [0.25, 0.3) is 0 Å². The number of hydrogen-bond acceptors (Lipinski definition) is 4. The summed E-state index contributed by atoms with van der Waals surface area (Å²) >= 11 is 0. The summed E-state index contributed by atoms with van der Waals surface area (Å²) in [6.45, 7) is 4.95. The van der Waals surface area contributed by atoms with Gasteiger partial charge in [-0.05, 0) is 25.7 Å². The third kappa shape index (κ3) is 8.42. The molecule has 1 rings (SSSR count). The Balaban J connectivity index is 0.00000324. The Bertz CT molecular complexity index is 236. The number of nitrogens with two attached hydrogens (primary N) is 1. The molecular formula is C13H27ClN2O3. The molecule has 0 spiro atoms. The van der Waals surface area contributed by atoms with E-state index in [-0.39, 0.29) is 24.4 Å². The number of carbonyl (C=O) groups is 1. The predicted octanol–water partition coefficient (Wildman–Crippen LogP) is 1.24. The van der Waals surface area contributed by atoms with Crippen LogP contribution >= 0.6 is 12.4 Å². The third-order valence-corrected chi connectivity index (χ3v) is 3.08. The molecule has 1 aliphatic rings. The molecule has 1 unspecified atom stereocenters. The molecule has 0 saturated carbocycles. The Morgan fingerprint density at radius 2 is 2.16 bits per heavy atom. The topological polar surface area (TPSA) is 73.6 Å². The molecule has 1 saturated heterocycles. The van der Waals surface area contributed by atoms with Crippen molar-refractivity contribution >= 4 is 18.3 Å². The second-order valence-corrected chi connectivity index (χ2v) is 4.72. The maximum atomic E-state index is 11.5. The normalized spacial score (nSPS) is 17.6. The second-order valence-electron chi connectivity index (χ2n) is 4.72. The standard InChI is InChI=1S/C13H26N2O3.ClH/c1-2-4-12(14)13(16)15-7-3-8-18-11-5-9-17-10-6-11;/h11-12H,2-10,14H2,1H3,(H,15,16);1H. The number of ether oxygens (including phenoxy) is 2. The minimum atomic E-state index is -0.369. The first-order valence-corrected chi connectivity index (χ1v) is 6.96. The molecule has 0 radical (unpaired) electrons. The summed E-state index contributed by atoms with van der Waals surface area (Å²) < 4.78 is 11.0. The van der Waals surface area contributed by atoms with Gasteiger partial charge in [-0.1, -0.05) is 13.3 Å². The smallest absolute Gasteiger partial charge is 0.236 e. The van der Waals surface area contributed by atoms with Crippen LogP contribution in [0.4, 0.5) is 0 Å². The zero-order chi connectivity index (χ0) is 13.2. The van der Waals surface area contributed by atoms with Crippen molar-refractivity contribution in [1.82, 2.24) is 5.32 Å². The lowest BCUT2D eigenvalue weighted by Crippen LogP contribution is -2.41. The highest BCUT2D eigenvalue weighted by atomic mass is 35.5. The highest BCUT2D eigenvalue weighted by Crippen LogP contribution is 2.10. The van der Waals surface area contributed by atoms with Crippen LogP contribution in [0.2, 0.25) is 0 Å². The maximum absolute atomic E-state index is 11.5. The van der Waals surface area contributed by atoms with E-state index in [0.717, 1.165) is 45.3 Å². The summed E-state index contributed by atoms with van der Waals surface area (Å²) in [4.78, 5) is 11.5. The van der Waals surface area contributed by atoms with Crippen LogP contribution in [0.1, 0.15) is 39.0 Å². The molecule has 6 heteroatoms. The van der Waals surface area contributed by atoms with Crippen LogP contribution in [-0.2, 0) is 14.3 Å². The van der Waals surface area contributed by atoms with E-state index < -0.39 is 0 Å². The third-order valence-electron chi connectivity index (χ3n) is 3.08. The zero-order valence-electron chi connectivity index (χ0n) is 11.7. The van der Waals surface area contributed by atoms with E-state index in [1.807, 2.05) is 6.92 Å². The van der Waals surface area contributed by atoms with Crippen LogP contribution in [0.5, 0.6) is 0 Å². The van der Waals surface area contributed by atoms with Gasteiger partial charge < -0.3 is 20.5 Å². The fraction of sp³-hybridized carbons (Fsp3) is 0.923. The van der Waals surface area contributed by atoms with E-state index >= 15 is 0 Å². The second kappa shape index (κ2) is 11.5. The van der Waals surface area contributed by atoms with Crippen molar-refractivity contribution in [2.24, 2.45) is 5.73 Å². The van der Waals surface area contributed by atoms with Gasteiger partial charge in [-0.25, -0.2) is 0 Å². The van der Waals surface area contributed by atoms with Crippen LogP contribution in [-0.4, -0.2) is 44.4 Å². The highest BCUT2D eigenvalue weighted by molar-refractivity contribution is 5.85. The Morgan fingerprint density at radius 3 is 2.79 bits per heavy atom. The van der Waals surface area contributed by atoms with Crippen molar-refractivity contribution in [3.05, 3.63) is 0 Å². The average molecular weight is 295 g/mol. The van der Waals surface area contributed by atoms with Crippen LogP contribution in [0.3, 0.4) is 0 Å². The van der Waals surface area contributed by atoms with Gasteiger partial charge in [0.2, 0.25) is 5.91 Å². The number of nitrogens with one attached hydrogen (secondary N) is 1. The molecule has 0 aromatic rings. The fourth-order valence-electron chi connectivity index (χ4n) is 1.95. The zero-order valence-corrected chi connectivity index (χ0v) is 12.5. The fourth-order valence-corrected chi connectivity index (χ4v) is 1.95. The van der Waals surface area contributed by atoms with E-state index in [1.165, 1.54) is 0 Å². The molecule has 0 aromatic carbocycles. The number of carbonyl (C=O) groups excluding carboxylic acids is 1. The van der Waals surface area contributed by atoms with E-state index in [1.54, 1.807) is 0 Å². The summed E-state index contributed by atoms with van der Waals surface area (Å²) in [6, 6.07) is -0.369. The van der Waals surface area contributed by atoms with E-state index in [9.17, 15) is 4.79 Å². The minimum absolute atomic E-state index is 0. The van der Waals surface area contributed by atoms with E-state index in [0.29, 0.717) is 19.3 Å². The summed E-state index contributed by atoms with van der Waals surface area (Å²) in [5.74, 6) is -0.0529. The SMILES string of the molecule is CCCC(N)C(=O)NCCCOC1CCOCC1.Cl. The van der Waals surface area contributed by atoms with Crippen molar-refractivity contribution in [1.29, 1.82) is 0 Å². The van der Waals surface area contributed by atoms with Gasteiger partial charge in [-0.15, -0.1) is 12.4 Å². The largest absolute Gasteiger partial charge is 0.381 e. The molecule has 3 N–H and O–H groups in total. The first-order chi connectivity index (χ1) is 8.74. The van der Waals surface area contributed by atoms with Crippen LogP contribution < -0.4 is 11.1 Å². The van der Waals surface area contributed by atoms with Gasteiger partial charge in [0, 0.05) is 26.4 Å². The summed E-state index contributed by atoms with van der Waals surface area (Å²) in [5, 5.41) is 2.84. The maximum Gasteiger partial charge on any atom is 0.236 e. The predicted molar refractivity (Wildman–Crippen MR) is 77.6 cm³/mol. The molecule has 1 heterocycles. The lowest BCUT2D eigenvalue weighted by atomic mass is 10.1. The molecule has 0 aromatic heterocycles. The number of rotatable bonds is 8. The number of halogens is 1.